The summed E-state index contributed by atoms with van der Waals surface area (Å²) in [6.07, 6.45) is 1.36. The zero-order chi connectivity index (χ0) is 19.6. The summed E-state index contributed by atoms with van der Waals surface area (Å²) in [5, 5.41) is 4.70. The van der Waals surface area contributed by atoms with Crippen molar-refractivity contribution in [3.8, 4) is 5.75 Å². The van der Waals surface area contributed by atoms with E-state index < -0.39 is 17.8 Å². The first-order valence-electron chi connectivity index (χ1n) is 7.58. The van der Waals surface area contributed by atoms with Gasteiger partial charge in [0.25, 0.3) is 11.8 Å². The van der Waals surface area contributed by atoms with Gasteiger partial charge in [0.2, 0.25) is 0 Å². The lowest BCUT2D eigenvalue weighted by atomic mass is 10.1. The third-order valence-corrected chi connectivity index (χ3v) is 4.88. The van der Waals surface area contributed by atoms with Gasteiger partial charge in [-0.3, -0.25) is 20.2 Å². The highest BCUT2D eigenvalue weighted by Gasteiger charge is 2.28. The van der Waals surface area contributed by atoms with Crippen LogP contribution in [0.2, 0.25) is 5.02 Å². The van der Waals surface area contributed by atoms with Crippen LogP contribution in [0.25, 0.3) is 6.08 Å². The predicted molar refractivity (Wildman–Crippen MR) is 107 cm³/mol. The lowest BCUT2D eigenvalue weighted by Gasteiger charge is -2.16. The molecule has 1 aliphatic rings. The average molecular weight is 515 g/mol. The molecule has 138 valence electrons. The number of halogens is 3. The van der Waals surface area contributed by atoms with Crippen LogP contribution in [0.4, 0.5) is 4.79 Å². The van der Waals surface area contributed by atoms with E-state index in [-0.39, 0.29) is 12.2 Å². The predicted octanol–water partition coefficient (Wildman–Crippen LogP) is 4.19. The van der Waals surface area contributed by atoms with Crippen LogP contribution in [-0.4, -0.2) is 17.8 Å². The molecular weight excluding hydrogens is 503 g/mol. The number of barbiturate groups is 1. The van der Waals surface area contributed by atoms with Crippen molar-refractivity contribution in [3.05, 3.63) is 67.1 Å². The minimum atomic E-state index is -0.850. The molecule has 6 nitrogen and oxygen atoms in total. The van der Waals surface area contributed by atoms with Gasteiger partial charge in [0.15, 0.2) is 0 Å². The zero-order valence-corrected chi connectivity index (χ0v) is 17.4. The molecule has 0 aliphatic carbocycles. The first-order valence-corrected chi connectivity index (χ1v) is 9.54. The minimum Gasteiger partial charge on any atom is -0.487 e. The lowest BCUT2D eigenvalue weighted by molar-refractivity contribution is -0.123. The third-order valence-electron chi connectivity index (χ3n) is 3.58. The number of ether oxygens (including phenoxy) is 1. The van der Waals surface area contributed by atoms with E-state index in [9.17, 15) is 14.4 Å². The first kappa shape index (κ1) is 19.6. The number of rotatable bonds is 4. The summed E-state index contributed by atoms with van der Waals surface area (Å²) in [5.41, 5.74) is 1.18. The van der Waals surface area contributed by atoms with E-state index in [1.807, 2.05) is 22.8 Å². The van der Waals surface area contributed by atoms with Crippen molar-refractivity contribution in [3.63, 3.8) is 0 Å². The van der Waals surface area contributed by atoms with Crippen molar-refractivity contribution < 1.29 is 19.1 Å². The van der Waals surface area contributed by atoms with Crippen molar-refractivity contribution in [1.29, 1.82) is 0 Å². The van der Waals surface area contributed by atoms with Gasteiger partial charge < -0.3 is 4.74 Å². The van der Waals surface area contributed by atoms with E-state index in [4.69, 9.17) is 16.3 Å². The molecule has 0 unspecified atom stereocenters. The fraction of sp³-hybridized carbons (Fsp3) is 0.0556. The van der Waals surface area contributed by atoms with E-state index in [2.05, 4.69) is 31.9 Å². The molecule has 1 fully saturated rings. The fourth-order valence-electron chi connectivity index (χ4n) is 2.34. The summed E-state index contributed by atoms with van der Waals surface area (Å²) >= 11 is 12.7. The maximum Gasteiger partial charge on any atom is 0.328 e. The number of nitrogens with one attached hydrogen (secondary N) is 2. The normalized spacial score (nSPS) is 13.9. The molecule has 1 aliphatic heterocycles. The van der Waals surface area contributed by atoms with Gasteiger partial charge in [-0.05, 0) is 51.8 Å². The van der Waals surface area contributed by atoms with Crippen LogP contribution >= 0.6 is 43.5 Å². The van der Waals surface area contributed by atoms with Crippen LogP contribution in [0.1, 0.15) is 11.1 Å². The molecule has 0 spiro atoms. The number of urea groups is 1. The van der Waals surface area contributed by atoms with E-state index in [0.29, 0.717) is 25.3 Å². The molecule has 27 heavy (non-hydrogen) atoms. The van der Waals surface area contributed by atoms with E-state index in [0.717, 1.165) is 5.56 Å². The van der Waals surface area contributed by atoms with Gasteiger partial charge >= 0.3 is 6.03 Å². The second kappa shape index (κ2) is 8.24. The summed E-state index contributed by atoms with van der Waals surface area (Å²) in [7, 11) is 0. The number of hydrogen-bond donors (Lipinski definition) is 2. The number of hydrogen-bond acceptors (Lipinski definition) is 4. The Kier molecular flexibility index (Phi) is 5.98. The molecule has 0 bridgehead atoms. The van der Waals surface area contributed by atoms with Crippen molar-refractivity contribution >= 4 is 67.4 Å². The Bertz CT molecular complexity index is 952. The largest absolute Gasteiger partial charge is 0.487 e. The van der Waals surface area contributed by atoms with Crippen molar-refractivity contribution in [1.82, 2.24) is 10.6 Å². The number of carbonyl (C=O) groups is 3. The van der Waals surface area contributed by atoms with Crippen molar-refractivity contribution in [2.75, 3.05) is 0 Å². The van der Waals surface area contributed by atoms with Crippen LogP contribution in [-0.2, 0) is 16.2 Å². The lowest BCUT2D eigenvalue weighted by Crippen LogP contribution is -2.51. The van der Waals surface area contributed by atoms with E-state index in [1.165, 1.54) is 6.08 Å². The van der Waals surface area contributed by atoms with Crippen LogP contribution in [0, 0.1) is 0 Å². The SMILES string of the molecule is O=C1NC(=O)C(=Cc2cc(Br)cc(Br)c2OCc2ccc(Cl)cc2)C(=O)N1. The molecule has 0 radical (unpaired) electrons. The maximum atomic E-state index is 12.0. The van der Waals surface area contributed by atoms with Gasteiger partial charge in [-0.15, -0.1) is 0 Å². The number of amides is 4. The van der Waals surface area contributed by atoms with E-state index >= 15 is 0 Å². The Balaban J connectivity index is 1.94. The average Bonchev–Trinajstić information content (AvgIpc) is 2.58. The Hall–Kier alpha value is -2.16. The molecule has 1 heterocycles. The Morgan fingerprint density at radius 3 is 2.26 bits per heavy atom. The molecule has 1 saturated heterocycles. The molecule has 2 N–H and O–H groups in total. The van der Waals surface area contributed by atoms with Gasteiger partial charge in [0.05, 0.1) is 4.47 Å². The van der Waals surface area contributed by atoms with Crippen LogP contribution in [0.5, 0.6) is 5.75 Å². The topological polar surface area (TPSA) is 84.5 Å². The summed E-state index contributed by atoms with van der Waals surface area (Å²) in [6, 6.07) is 9.81. The highest BCUT2D eigenvalue weighted by Crippen LogP contribution is 2.35. The molecule has 0 aromatic heterocycles. The summed E-state index contributed by atoms with van der Waals surface area (Å²) in [6.45, 7) is 0.254. The number of carbonyl (C=O) groups excluding carboxylic acids is 3. The number of benzene rings is 2. The smallest absolute Gasteiger partial charge is 0.328 e. The van der Waals surface area contributed by atoms with Gasteiger partial charge in [0.1, 0.15) is 17.9 Å². The molecule has 4 amide bonds. The fourth-order valence-corrected chi connectivity index (χ4v) is 3.84. The van der Waals surface area contributed by atoms with Crippen molar-refractivity contribution in [2.24, 2.45) is 0 Å². The molecule has 2 aromatic rings. The maximum absolute atomic E-state index is 12.0. The molecule has 3 rings (SSSR count). The zero-order valence-electron chi connectivity index (χ0n) is 13.5. The molecule has 0 atom stereocenters. The van der Waals surface area contributed by atoms with Gasteiger partial charge in [-0.2, -0.15) is 0 Å². The highest BCUT2D eigenvalue weighted by molar-refractivity contribution is 9.11. The standard InChI is InChI=1S/C18H11Br2ClN2O4/c19-11-5-10(6-13-16(24)22-18(26)23-17(13)25)15(14(20)7-11)27-8-9-1-3-12(21)4-2-9/h1-7H,8H2,(H2,22,23,24,25,26). The molecular formula is C18H11Br2ClN2O4. The summed E-state index contributed by atoms with van der Waals surface area (Å²) in [4.78, 5) is 35.1. The first-order chi connectivity index (χ1) is 12.8. The van der Waals surface area contributed by atoms with Gasteiger partial charge in [0, 0.05) is 15.1 Å². The van der Waals surface area contributed by atoms with Crippen molar-refractivity contribution in [2.45, 2.75) is 6.61 Å². The van der Waals surface area contributed by atoms with Gasteiger partial charge in [-0.25, -0.2) is 4.79 Å². The van der Waals surface area contributed by atoms with Crippen LogP contribution in [0.3, 0.4) is 0 Å². The number of imide groups is 2. The Labute approximate surface area is 176 Å². The van der Waals surface area contributed by atoms with Gasteiger partial charge in [-0.1, -0.05) is 39.7 Å². The summed E-state index contributed by atoms with van der Waals surface area (Å²) in [5.74, 6) is -1.11. The molecule has 2 aromatic carbocycles. The Morgan fingerprint density at radius 1 is 1.00 bits per heavy atom. The molecule has 0 saturated carbocycles. The summed E-state index contributed by atoms with van der Waals surface area (Å²) < 4.78 is 7.24. The third kappa shape index (κ3) is 4.77. The Morgan fingerprint density at radius 2 is 1.63 bits per heavy atom. The van der Waals surface area contributed by atoms with E-state index in [1.54, 1.807) is 24.3 Å². The quantitative estimate of drug-likeness (QED) is 0.473. The monoisotopic (exact) mass is 512 g/mol. The second-order valence-corrected chi connectivity index (χ2v) is 7.72. The van der Waals surface area contributed by atoms with Crippen LogP contribution < -0.4 is 15.4 Å². The minimum absolute atomic E-state index is 0.198. The molecule has 9 heteroatoms. The highest BCUT2D eigenvalue weighted by atomic mass is 79.9. The van der Waals surface area contributed by atoms with Crippen LogP contribution in [0.15, 0.2) is 50.9 Å². The second-order valence-electron chi connectivity index (χ2n) is 5.52.